The molecule has 28 heavy (non-hydrogen) atoms. The molecule has 0 unspecified atom stereocenters. The molecular formula is C21H16N2O5. The fourth-order valence-electron chi connectivity index (χ4n) is 2.46. The second-order valence-electron chi connectivity index (χ2n) is 5.85. The number of ketones is 1. The molecule has 0 aliphatic carbocycles. The SMILES string of the molecule is CC(=O)Oc1ccc(C(=O)c2cncc(-c3ccc(OC(C)=O)cc3)n2)cc1. The number of carbonyl (C=O) groups excluding carboxylic acids is 3. The van der Waals surface area contributed by atoms with Crippen molar-refractivity contribution < 1.29 is 23.9 Å². The standard InChI is InChI=1S/C21H16N2O5/c1-13(24)27-17-7-3-15(4-8-17)19-11-22-12-20(23-19)21(26)16-5-9-18(10-6-16)28-14(2)25/h3-12H,1-2H3. The van der Waals surface area contributed by atoms with E-state index < -0.39 is 11.9 Å². The molecule has 7 nitrogen and oxygen atoms in total. The number of nitrogens with zero attached hydrogens (tertiary/aromatic N) is 2. The van der Waals surface area contributed by atoms with Crippen LogP contribution in [0.3, 0.4) is 0 Å². The first kappa shape index (κ1) is 18.9. The summed E-state index contributed by atoms with van der Waals surface area (Å²) >= 11 is 0. The van der Waals surface area contributed by atoms with Crippen molar-refractivity contribution in [1.82, 2.24) is 9.97 Å². The topological polar surface area (TPSA) is 95.5 Å². The van der Waals surface area contributed by atoms with Crippen LogP contribution in [-0.2, 0) is 9.59 Å². The van der Waals surface area contributed by atoms with Gasteiger partial charge < -0.3 is 9.47 Å². The third-order valence-corrected chi connectivity index (χ3v) is 3.66. The summed E-state index contributed by atoms with van der Waals surface area (Å²) < 4.78 is 9.95. The molecule has 7 heteroatoms. The van der Waals surface area contributed by atoms with Gasteiger partial charge in [0.05, 0.1) is 18.1 Å². The molecule has 1 aromatic heterocycles. The molecule has 3 rings (SSSR count). The van der Waals surface area contributed by atoms with Gasteiger partial charge in [0.1, 0.15) is 17.2 Å². The van der Waals surface area contributed by atoms with E-state index in [4.69, 9.17) is 9.47 Å². The lowest BCUT2D eigenvalue weighted by Gasteiger charge is -2.06. The van der Waals surface area contributed by atoms with Crippen LogP contribution >= 0.6 is 0 Å². The Kier molecular flexibility index (Phi) is 5.55. The average Bonchev–Trinajstić information content (AvgIpc) is 2.68. The Labute approximate surface area is 161 Å². The highest BCUT2D eigenvalue weighted by atomic mass is 16.5. The molecule has 0 aliphatic rings. The first-order valence-corrected chi connectivity index (χ1v) is 8.36. The third-order valence-electron chi connectivity index (χ3n) is 3.66. The molecule has 2 aromatic carbocycles. The van der Waals surface area contributed by atoms with E-state index in [2.05, 4.69) is 9.97 Å². The number of benzene rings is 2. The number of ether oxygens (including phenoxy) is 2. The number of hydrogen-bond acceptors (Lipinski definition) is 7. The zero-order valence-electron chi connectivity index (χ0n) is 15.2. The number of hydrogen-bond donors (Lipinski definition) is 0. The second kappa shape index (κ2) is 8.22. The summed E-state index contributed by atoms with van der Waals surface area (Å²) in [6.45, 7) is 2.63. The predicted molar refractivity (Wildman–Crippen MR) is 100.0 cm³/mol. The smallest absolute Gasteiger partial charge is 0.308 e. The lowest BCUT2D eigenvalue weighted by molar-refractivity contribution is -0.132. The molecule has 0 radical (unpaired) electrons. The molecule has 0 aliphatic heterocycles. The van der Waals surface area contributed by atoms with Gasteiger partial charge in [0.2, 0.25) is 5.78 Å². The Morgan fingerprint density at radius 1 is 0.750 bits per heavy atom. The highest BCUT2D eigenvalue weighted by Gasteiger charge is 2.13. The van der Waals surface area contributed by atoms with Gasteiger partial charge >= 0.3 is 11.9 Å². The number of rotatable bonds is 5. The van der Waals surface area contributed by atoms with Crippen LogP contribution in [-0.4, -0.2) is 27.7 Å². The van der Waals surface area contributed by atoms with Crippen molar-refractivity contribution in [3.05, 3.63) is 72.2 Å². The van der Waals surface area contributed by atoms with Gasteiger partial charge in [-0.1, -0.05) is 0 Å². The number of esters is 2. The normalized spacial score (nSPS) is 10.2. The van der Waals surface area contributed by atoms with Crippen LogP contribution in [0.2, 0.25) is 0 Å². The molecule has 0 fully saturated rings. The lowest BCUT2D eigenvalue weighted by atomic mass is 10.1. The first-order valence-electron chi connectivity index (χ1n) is 8.36. The molecule has 0 saturated heterocycles. The first-order chi connectivity index (χ1) is 13.4. The van der Waals surface area contributed by atoms with Crippen LogP contribution in [0.15, 0.2) is 60.9 Å². The van der Waals surface area contributed by atoms with Crippen molar-refractivity contribution in [3.8, 4) is 22.8 Å². The van der Waals surface area contributed by atoms with E-state index in [9.17, 15) is 14.4 Å². The Morgan fingerprint density at radius 3 is 1.82 bits per heavy atom. The Balaban J connectivity index is 1.81. The van der Waals surface area contributed by atoms with E-state index in [1.807, 2.05) is 0 Å². The van der Waals surface area contributed by atoms with Crippen LogP contribution in [0.25, 0.3) is 11.3 Å². The predicted octanol–water partition coefficient (Wildman–Crippen LogP) is 3.23. The highest BCUT2D eigenvalue weighted by Crippen LogP contribution is 2.21. The van der Waals surface area contributed by atoms with Gasteiger partial charge in [0.15, 0.2) is 0 Å². The van der Waals surface area contributed by atoms with Crippen LogP contribution in [0.1, 0.15) is 29.9 Å². The number of carbonyl (C=O) groups is 3. The van der Waals surface area contributed by atoms with Crippen molar-refractivity contribution in [2.75, 3.05) is 0 Å². The minimum atomic E-state index is -0.433. The van der Waals surface area contributed by atoms with Gasteiger partial charge in [-0.2, -0.15) is 0 Å². The van der Waals surface area contributed by atoms with Crippen LogP contribution in [0.5, 0.6) is 11.5 Å². The maximum atomic E-state index is 12.7. The second-order valence-corrected chi connectivity index (χ2v) is 5.85. The monoisotopic (exact) mass is 376 g/mol. The molecule has 0 saturated carbocycles. The summed E-state index contributed by atoms with van der Waals surface area (Å²) in [4.78, 5) is 43.1. The molecule has 0 bridgehead atoms. The fourth-order valence-corrected chi connectivity index (χ4v) is 2.46. The van der Waals surface area contributed by atoms with Gasteiger partial charge in [0.25, 0.3) is 0 Å². The van der Waals surface area contributed by atoms with Crippen molar-refractivity contribution in [2.45, 2.75) is 13.8 Å². The summed E-state index contributed by atoms with van der Waals surface area (Å²) in [6, 6.07) is 12.9. The minimum absolute atomic E-state index is 0.182. The van der Waals surface area contributed by atoms with E-state index >= 15 is 0 Å². The van der Waals surface area contributed by atoms with Gasteiger partial charge in [-0.3, -0.25) is 19.4 Å². The van der Waals surface area contributed by atoms with Crippen LogP contribution in [0.4, 0.5) is 0 Å². The summed E-state index contributed by atoms with van der Waals surface area (Å²) in [5.74, 6) is -0.362. The fraction of sp³-hybridized carbons (Fsp3) is 0.0952. The van der Waals surface area contributed by atoms with Gasteiger partial charge in [-0.15, -0.1) is 0 Å². The molecular weight excluding hydrogens is 360 g/mol. The quantitative estimate of drug-likeness (QED) is 0.383. The van der Waals surface area contributed by atoms with E-state index in [-0.39, 0.29) is 11.5 Å². The van der Waals surface area contributed by atoms with Crippen LogP contribution in [0, 0.1) is 0 Å². The molecule has 0 spiro atoms. The Hall–Kier alpha value is -3.87. The minimum Gasteiger partial charge on any atom is -0.427 e. The van der Waals surface area contributed by atoms with Gasteiger partial charge in [0, 0.05) is 25.0 Å². The molecule has 0 N–H and O–H groups in total. The van der Waals surface area contributed by atoms with E-state index in [1.54, 1.807) is 54.7 Å². The zero-order chi connectivity index (χ0) is 20.1. The summed E-state index contributed by atoms with van der Waals surface area (Å²) in [5.41, 5.74) is 1.81. The Bertz CT molecular complexity index is 1030. The third kappa shape index (κ3) is 4.64. The molecule has 0 atom stereocenters. The van der Waals surface area contributed by atoms with Crippen LogP contribution < -0.4 is 9.47 Å². The maximum absolute atomic E-state index is 12.7. The maximum Gasteiger partial charge on any atom is 0.308 e. The van der Waals surface area contributed by atoms with Gasteiger partial charge in [-0.25, -0.2) is 4.98 Å². The summed E-state index contributed by atoms with van der Waals surface area (Å²) in [7, 11) is 0. The van der Waals surface area contributed by atoms with Crippen molar-refractivity contribution >= 4 is 17.7 Å². The lowest BCUT2D eigenvalue weighted by Crippen LogP contribution is -2.06. The van der Waals surface area contributed by atoms with E-state index in [1.165, 1.54) is 20.0 Å². The van der Waals surface area contributed by atoms with Crippen molar-refractivity contribution in [2.24, 2.45) is 0 Å². The average molecular weight is 376 g/mol. The molecule has 140 valence electrons. The largest absolute Gasteiger partial charge is 0.427 e. The molecule has 1 heterocycles. The summed E-state index contributed by atoms with van der Waals surface area (Å²) in [5, 5.41) is 0. The number of aromatic nitrogens is 2. The van der Waals surface area contributed by atoms with Crippen molar-refractivity contribution in [3.63, 3.8) is 0 Å². The highest BCUT2D eigenvalue weighted by molar-refractivity contribution is 6.07. The summed E-state index contributed by atoms with van der Waals surface area (Å²) in [6.07, 6.45) is 2.93. The Morgan fingerprint density at radius 2 is 1.29 bits per heavy atom. The van der Waals surface area contributed by atoms with E-state index in [0.29, 0.717) is 22.8 Å². The van der Waals surface area contributed by atoms with Gasteiger partial charge in [-0.05, 0) is 48.5 Å². The van der Waals surface area contributed by atoms with E-state index in [0.717, 1.165) is 5.56 Å². The molecule has 0 amide bonds. The molecule has 3 aromatic rings. The zero-order valence-corrected chi connectivity index (χ0v) is 15.2. The van der Waals surface area contributed by atoms with Crippen molar-refractivity contribution in [1.29, 1.82) is 0 Å².